The molecule has 2 heteroatoms. The summed E-state index contributed by atoms with van der Waals surface area (Å²) in [6.07, 6.45) is 9.13. The first-order chi connectivity index (χ1) is 9.25. The molecule has 1 saturated carbocycles. The lowest BCUT2D eigenvalue weighted by Crippen LogP contribution is -2.36. The van der Waals surface area contributed by atoms with Crippen LogP contribution in [-0.4, -0.2) is 11.1 Å². The second-order valence-electron chi connectivity index (χ2n) is 6.29. The minimum Gasteiger partial charge on any atom is -0.508 e. The third-order valence-electron chi connectivity index (χ3n) is 5.07. The van der Waals surface area contributed by atoms with E-state index < -0.39 is 0 Å². The summed E-state index contributed by atoms with van der Waals surface area (Å²) in [7, 11) is 0. The van der Waals surface area contributed by atoms with E-state index in [1.807, 2.05) is 12.1 Å². The first-order valence-corrected chi connectivity index (χ1v) is 7.82. The Bertz CT molecular complexity index is 437. The predicted octanol–water partition coefficient (Wildman–Crippen LogP) is 3.94. The highest BCUT2D eigenvalue weighted by Crippen LogP contribution is 2.37. The molecule has 1 aromatic rings. The number of phenols is 1. The zero-order chi connectivity index (χ0) is 13.2. The number of fused-ring (bicyclic) bond motifs is 1. The summed E-state index contributed by atoms with van der Waals surface area (Å²) in [5.74, 6) is 1.32. The average molecular weight is 259 g/mol. The Morgan fingerprint density at radius 3 is 2.74 bits per heavy atom. The molecule has 2 atom stereocenters. The molecule has 0 bridgehead atoms. The van der Waals surface area contributed by atoms with Crippen molar-refractivity contribution in [3.63, 3.8) is 0 Å². The molecule has 0 saturated heterocycles. The minimum absolute atomic E-state index is 0.444. The van der Waals surface area contributed by atoms with Crippen molar-refractivity contribution in [1.82, 2.24) is 5.32 Å². The fourth-order valence-corrected chi connectivity index (χ4v) is 3.90. The van der Waals surface area contributed by atoms with E-state index in [2.05, 4.69) is 18.3 Å². The van der Waals surface area contributed by atoms with Gasteiger partial charge in [-0.15, -0.1) is 0 Å². The van der Waals surface area contributed by atoms with Crippen LogP contribution in [-0.2, 0) is 6.42 Å². The maximum absolute atomic E-state index is 9.90. The maximum Gasteiger partial charge on any atom is 0.119 e. The van der Waals surface area contributed by atoms with Crippen LogP contribution in [0.3, 0.4) is 0 Å². The molecular weight excluding hydrogens is 234 g/mol. The molecule has 0 aliphatic heterocycles. The minimum atomic E-state index is 0.444. The number of hydrogen-bond acceptors (Lipinski definition) is 2. The summed E-state index contributed by atoms with van der Waals surface area (Å²) >= 11 is 0. The van der Waals surface area contributed by atoms with Gasteiger partial charge in [0.2, 0.25) is 0 Å². The molecule has 19 heavy (non-hydrogen) atoms. The highest BCUT2D eigenvalue weighted by atomic mass is 16.3. The molecule has 0 heterocycles. The maximum atomic E-state index is 9.90. The first kappa shape index (κ1) is 13.0. The van der Waals surface area contributed by atoms with Crippen LogP contribution in [0.1, 0.15) is 62.6 Å². The van der Waals surface area contributed by atoms with Gasteiger partial charge < -0.3 is 10.4 Å². The number of nitrogens with one attached hydrogen (secondary N) is 1. The van der Waals surface area contributed by atoms with Gasteiger partial charge in [0.05, 0.1) is 0 Å². The third kappa shape index (κ3) is 2.64. The van der Waals surface area contributed by atoms with Crippen LogP contribution in [0.4, 0.5) is 0 Å². The molecular formula is C17H25NO. The zero-order valence-corrected chi connectivity index (χ0v) is 11.9. The Balaban J connectivity index is 1.67. The fraction of sp³-hybridized carbons (Fsp3) is 0.647. The molecule has 2 unspecified atom stereocenters. The van der Waals surface area contributed by atoms with Crippen LogP contribution in [0, 0.1) is 5.92 Å². The van der Waals surface area contributed by atoms with E-state index in [0.717, 1.165) is 24.3 Å². The summed E-state index contributed by atoms with van der Waals surface area (Å²) in [5.41, 5.74) is 2.48. The van der Waals surface area contributed by atoms with Crippen molar-refractivity contribution in [2.45, 2.75) is 64.0 Å². The van der Waals surface area contributed by atoms with Crippen LogP contribution in [0.2, 0.25) is 0 Å². The van der Waals surface area contributed by atoms with Gasteiger partial charge in [0.1, 0.15) is 5.75 Å². The quantitative estimate of drug-likeness (QED) is 0.861. The summed E-state index contributed by atoms with van der Waals surface area (Å²) < 4.78 is 0. The second kappa shape index (κ2) is 5.54. The van der Waals surface area contributed by atoms with Gasteiger partial charge in [0.15, 0.2) is 0 Å². The molecule has 0 amide bonds. The summed E-state index contributed by atoms with van der Waals surface area (Å²) in [5, 5.41) is 13.7. The highest BCUT2D eigenvalue weighted by molar-refractivity contribution is 5.44. The van der Waals surface area contributed by atoms with Crippen molar-refractivity contribution in [1.29, 1.82) is 0 Å². The lowest BCUT2D eigenvalue weighted by atomic mass is 9.84. The van der Waals surface area contributed by atoms with Crippen molar-refractivity contribution in [3.8, 4) is 5.75 Å². The Labute approximate surface area is 116 Å². The van der Waals surface area contributed by atoms with Crippen molar-refractivity contribution < 1.29 is 5.11 Å². The number of hydrogen-bond donors (Lipinski definition) is 2. The predicted molar refractivity (Wildman–Crippen MR) is 78.3 cm³/mol. The van der Waals surface area contributed by atoms with Gasteiger partial charge in [-0.05, 0) is 55.7 Å². The highest BCUT2D eigenvalue weighted by Gasteiger charge is 2.28. The largest absolute Gasteiger partial charge is 0.508 e. The molecule has 2 N–H and O–H groups in total. The summed E-state index contributed by atoms with van der Waals surface area (Å²) in [6.45, 7) is 2.34. The Hall–Kier alpha value is -1.02. The van der Waals surface area contributed by atoms with Gasteiger partial charge in [-0.1, -0.05) is 31.4 Å². The Morgan fingerprint density at radius 2 is 1.95 bits per heavy atom. The number of phenolic OH excluding ortho intramolecular Hbond substituents is 1. The van der Waals surface area contributed by atoms with Gasteiger partial charge in [-0.2, -0.15) is 0 Å². The second-order valence-corrected chi connectivity index (χ2v) is 6.29. The molecule has 2 aliphatic carbocycles. The molecule has 2 aliphatic rings. The first-order valence-electron chi connectivity index (χ1n) is 7.82. The number of benzene rings is 1. The van der Waals surface area contributed by atoms with E-state index in [9.17, 15) is 5.11 Å². The van der Waals surface area contributed by atoms with Crippen molar-refractivity contribution in [3.05, 3.63) is 29.3 Å². The van der Waals surface area contributed by atoms with Crippen molar-refractivity contribution in [2.75, 3.05) is 0 Å². The Morgan fingerprint density at radius 1 is 1.16 bits per heavy atom. The zero-order valence-electron chi connectivity index (χ0n) is 11.9. The lowest BCUT2D eigenvalue weighted by molar-refractivity contribution is 0.264. The van der Waals surface area contributed by atoms with Crippen molar-refractivity contribution >= 4 is 0 Å². The molecule has 104 valence electrons. The van der Waals surface area contributed by atoms with E-state index in [0.29, 0.717) is 17.8 Å². The van der Waals surface area contributed by atoms with Gasteiger partial charge in [0.25, 0.3) is 0 Å². The van der Waals surface area contributed by atoms with E-state index in [1.54, 1.807) is 0 Å². The smallest absolute Gasteiger partial charge is 0.119 e. The lowest BCUT2D eigenvalue weighted by Gasteiger charge is -2.31. The molecule has 3 rings (SSSR count). The SMILES string of the molecule is CC(NC1CCc2c(O)cccc21)C1CCCCC1. The van der Waals surface area contributed by atoms with Crippen LogP contribution in [0.5, 0.6) is 5.75 Å². The van der Waals surface area contributed by atoms with Gasteiger partial charge in [0, 0.05) is 12.1 Å². The number of aromatic hydroxyl groups is 1. The molecule has 0 aromatic heterocycles. The average Bonchev–Trinajstić information content (AvgIpc) is 2.84. The van der Waals surface area contributed by atoms with Crippen LogP contribution >= 0.6 is 0 Å². The van der Waals surface area contributed by atoms with Gasteiger partial charge in [-0.25, -0.2) is 0 Å². The van der Waals surface area contributed by atoms with Crippen LogP contribution in [0.15, 0.2) is 18.2 Å². The third-order valence-corrected chi connectivity index (χ3v) is 5.07. The fourth-order valence-electron chi connectivity index (χ4n) is 3.90. The van der Waals surface area contributed by atoms with Gasteiger partial charge in [-0.3, -0.25) is 0 Å². The monoisotopic (exact) mass is 259 g/mol. The number of rotatable bonds is 3. The van der Waals surface area contributed by atoms with E-state index in [-0.39, 0.29) is 0 Å². The molecule has 0 radical (unpaired) electrons. The molecule has 2 nitrogen and oxygen atoms in total. The Kier molecular flexibility index (Phi) is 3.79. The summed E-state index contributed by atoms with van der Waals surface area (Å²) in [6, 6.07) is 7.00. The molecule has 1 aromatic carbocycles. The van der Waals surface area contributed by atoms with E-state index in [4.69, 9.17) is 0 Å². The van der Waals surface area contributed by atoms with Gasteiger partial charge >= 0.3 is 0 Å². The normalized spacial score (nSPS) is 25.2. The standard InChI is InChI=1S/C17H25NO/c1-12(13-6-3-2-4-7-13)18-16-11-10-15-14(16)8-5-9-17(15)19/h5,8-9,12-13,16,18-19H,2-4,6-7,10-11H2,1H3. The topological polar surface area (TPSA) is 32.3 Å². The van der Waals surface area contributed by atoms with Crippen LogP contribution < -0.4 is 5.32 Å². The van der Waals surface area contributed by atoms with E-state index in [1.165, 1.54) is 37.7 Å². The molecule has 0 spiro atoms. The summed E-state index contributed by atoms with van der Waals surface area (Å²) in [4.78, 5) is 0. The van der Waals surface area contributed by atoms with E-state index >= 15 is 0 Å². The van der Waals surface area contributed by atoms with Crippen molar-refractivity contribution in [2.24, 2.45) is 5.92 Å². The van der Waals surface area contributed by atoms with Crippen LogP contribution in [0.25, 0.3) is 0 Å². The molecule has 1 fully saturated rings.